The standard InChI is InChI=1S/C21H23ClN6/c22-16-4-5-18-15(11-16)12-17(23)13-20-25-26-21(28(18)20)14-6-9-27(10-7-14)19-3-1-2-8-24-19/h1-5,8,11,14,17H,6-7,9-10,12-13,23H2. The third-order valence-electron chi connectivity index (χ3n) is 5.80. The molecule has 0 radical (unpaired) electrons. The zero-order valence-electron chi connectivity index (χ0n) is 15.6. The number of aromatic nitrogens is 4. The molecule has 0 amide bonds. The van der Waals surface area contributed by atoms with Crippen LogP contribution < -0.4 is 10.6 Å². The normalized spacial score (nSPS) is 19.8. The van der Waals surface area contributed by atoms with E-state index < -0.39 is 0 Å². The van der Waals surface area contributed by atoms with Crippen molar-refractivity contribution in [3.05, 3.63) is 64.8 Å². The van der Waals surface area contributed by atoms with Gasteiger partial charge in [0.25, 0.3) is 0 Å². The zero-order valence-corrected chi connectivity index (χ0v) is 16.4. The first-order chi connectivity index (χ1) is 13.7. The molecule has 6 nitrogen and oxygen atoms in total. The molecule has 7 heteroatoms. The lowest BCUT2D eigenvalue weighted by Gasteiger charge is -2.32. The van der Waals surface area contributed by atoms with Crippen LogP contribution in [-0.4, -0.2) is 38.9 Å². The monoisotopic (exact) mass is 394 g/mol. The molecular weight excluding hydrogens is 372 g/mol. The van der Waals surface area contributed by atoms with E-state index in [1.807, 2.05) is 30.5 Å². The molecule has 0 saturated carbocycles. The number of benzene rings is 1. The average molecular weight is 395 g/mol. The molecule has 1 unspecified atom stereocenters. The molecular formula is C21H23ClN6. The number of piperidine rings is 1. The summed E-state index contributed by atoms with van der Waals surface area (Å²) in [4.78, 5) is 6.83. The van der Waals surface area contributed by atoms with E-state index in [-0.39, 0.29) is 6.04 Å². The molecule has 0 spiro atoms. The van der Waals surface area contributed by atoms with Gasteiger partial charge < -0.3 is 10.6 Å². The first-order valence-corrected chi connectivity index (χ1v) is 10.2. The molecule has 2 N–H and O–H groups in total. The van der Waals surface area contributed by atoms with Crippen molar-refractivity contribution >= 4 is 17.4 Å². The minimum absolute atomic E-state index is 0.0292. The Morgan fingerprint density at radius 1 is 1.04 bits per heavy atom. The Labute approximate surface area is 169 Å². The van der Waals surface area contributed by atoms with Gasteiger partial charge >= 0.3 is 0 Å². The van der Waals surface area contributed by atoms with E-state index in [1.54, 1.807) is 0 Å². The molecule has 1 atom stereocenters. The molecule has 0 aliphatic carbocycles. The van der Waals surface area contributed by atoms with Crippen molar-refractivity contribution in [3.8, 4) is 5.69 Å². The first kappa shape index (κ1) is 17.6. The Hall–Kier alpha value is -2.44. The predicted molar refractivity (Wildman–Crippen MR) is 110 cm³/mol. The Morgan fingerprint density at radius 3 is 2.68 bits per heavy atom. The van der Waals surface area contributed by atoms with Gasteiger partial charge in [0.2, 0.25) is 0 Å². The van der Waals surface area contributed by atoms with Gasteiger partial charge in [-0.3, -0.25) is 4.57 Å². The topological polar surface area (TPSA) is 72.9 Å². The number of nitrogens with two attached hydrogens (primary N) is 1. The third kappa shape index (κ3) is 3.16. The molecule has 144 valence electrons. The van der Waals surface area contributed by atoms with Crippen LogP contribution >= 0.6 is 11.6 Å². The van der Waals surface area contributed by atoms with E-state index in [0.717, 1.165) is 66.9 Å². The van der Waals surface area contributed by atoms with Crippen molar-refractivity contribution < 1.29 is 0 Å². The molecule has 4 heterocycles. The number of nitrogens with zero attached hydrogens (tertiary/aromatic N) is 5. The molecule has 2 aliphatic heterocycles. The summed E-state index contributed by atoms with van der Waals surface area (Å²) < 4.78 is 2.24. The van der Waals surface area contributed by atoms with Gasteiger partial charge in [0, 0.05) is 42.7 Å². The van der Waals surface area contributed by atoms with Gasteiger partial charge in [-0.1, -0.05) is 17.7 Å². The largest absolute Gasteiger partial charge is 0.357 e. The molecule has 1 aromatic carbocycles. The fourth-order valence-corrected chi connectivity index (χ4v) is 4.62. The van der Waals surface area contributed by atoms with E-state index in [1.165, 1.54) is 5.56 Å². The van der Waals surface area contributed by atoms with E-state index in [2.05, 4.69) is 36.8 Å². The van der Waals surface area contributed by atoms with E-state index >= 15 is 0 Å². The average Bonchev–Trinajstić information content (AvgIpc) is 3.06. The van der Waals surface area contributed by atoms with Crippen LogP contribution in [0.25, 0.3) is 5.69 Å². The highest BCUT2D eigenvalue weighted by Gasteiger charge is 2.30. The summed E-state index contributed by atoms with van der Waals surface area (Å²) in [5.41, 5.74) is 8.64. The van der Waals surface area contributed by atoms with Crippen molar-refractivity contribution in [2.24, 2.45) is 5.73 Å². The third-order valence-corrected chi connectivity index (χ3v) is 6.03. The fourth-order valence-electron chi connectivity index (χ4n) is 4.42. The van der Waals surface area contributed by atoms with Crippen LogP contribution in [0.1, 0.15) is 36.0 Å². The van der Waals surface area contributed by atoms with Crippen LogP contribution in [0.15, 0.2) is 42.6 Å². The Balaban J connectivity index is 1.45. The molecule has 1 saturated heterocycles. The van der Waals surface area contributed by atoms with Gasteiger partial charge in [0.15, 0.2) is 0 Å². The SMILES string of the molecule is NC1Cc2cc(Cl)ccc2-n2c(nnc2C2CCN(c3ccccn3)CC2)C1. The summed E-state index contributed by atoms with van der Waals surface area (Å²) in [6, 6.07) is 12.1. The maximum absolute atomic E-state index is 6.35. The van der Waals surface area contributed by atoms with Gasteiger partial charge in [0.05, 0.1) is 5.69 Å². The summed E-state index contributed by atoms with van der Waals surface area (Å²) >= 11 is 6.25. The highest BCUT2D eigenvalue weighted by Crippen LogP contribution is 2.33. The van der Waals surface area contributed by atoms with Gasteiger partial charge in [-0.15, -0.1) is 10.2 Å². The minimum Gasteiger partial charge on any atom is -0.357 e. The van der Waals surface area contributed by atoms with Gasteiger partial charge in [-0.2, -0.15) is 0 Å². The maximum Gasteiger partial charge on any atom is 0.140 e. The molecule has 3 aromatic rings. The summed E-state index contributed by atoms with van der Waals surface area (Å²) in [6.07, 6.45) is 5.45. The van der Waals surface area contributed by atoms with Crippen molar-refractivity contribution in [3.63, 3.8) is 0 Å². The van der Waals surface area contributed by atoms with Crippen LogP contribution in [-0.2, 0) is 12.8 Å². The van der Waals surface area contributed by atoms with Gasteiger partial charge in [-0.25, -0.2) is 4.98 Å². The number of halogens is 1. The quantitative estimate of drug-likeness (QED) is 0.722. The van der Waals surface area contributed by atoms with Crippen LogP contribution in [0, 0.1) is 0 Å². The van der Waals surface area contributed by atoms with Crippen molar-refractivity contribution in [2.45, 2.75) is 37.6 Å². The number of fused-ring (bicyclic) bond motifs is 3. The summed E-state index contributed by atoms with van der Waals surface area (Å²) in [7, 11) is 0. The summed E-state index contributed by atoms with van der Waals surface area (Å²) in [5, 5.41) is 9.87. The van der Waals surface area contributed by atoms with Crippen LogP contribution in [0.4, 0.5) is 5.82 Å². The molecule has 2 aliphatic rings. The van der Waals surface area contributed by atoms with Crippen LogP contribution in [0.2, 0.25) is 5.02 Å². The lowest BCUT2D eigenvalue weighted by atomic mass is 9.95. The second-order valence-corrected chi connectivity index (χ2v) is 8.14. The van der Waals surface area contributed by atoms with Crippen molar-refractivity contribution in [2.75, 3.05) is 18.0 Å². The molecule has 2 aromatic heterocycles. The number of hydrogen-bond acceptors (Lipinski definition) is 5. The highest BCUT2D eigenvalue weighted by molar-refractivity contribution is 6.30. The molecule has 28 heavy (non-hydrogen) atoms. The number of hydrogen-bond donors (Lipinski definition) is 1. The molecule has 0 bridgehead atoms. The Bertz CT molecular complexity index is 978. The molecule has 1 fully saturated rings. The van der Waals surface area contributed by atoms with E-state index in [0.29, 0.717) is 5.92 Å². The number of pyridine rings is 1. The van der Waals surface area contributed by atoms with Crippen molar-refractivity contribution in [1.82, 2.24) is 19.7 Å². The first-order valence-electron chi connectivity index (χ1n) is 9.83. The van der Waals surface area contributed by atoms with Crippen molar-refractivity contribution in [1.29, 1.82) is 0 Å². The Morgan fingerprint density at radius 2 is 1.89 bits per heavy atom. The smallest absolute Gasteiger partial charge is 0.140 e. The lowest BCUT2D eigenvalue weighted by Crippen LogP contribution is -2.34. The summed E-state index contributed by atoms with van der Waals surface area (Å²) in [5.74, 6) is 3.43. The van der Waals surface area contributed by atoms with Crippen LogP contribution in [0.3, 0.4) is 0 Å². The lowest BCUT2D eigenvalue weighted by molar-refractivity contribution is 0.477. The van der Waals surface area contributed by atoms with Crippen LogP contribution in [0.5, 0.6) is 0 Å². The van der Waals surface area contributed by atoms with E-state index in [4.69, 9.17) is 17.3 Å². The second-order valence-electron chi connectivity index (χ2n) is 7.70. The predicted octanol–water partition coefficient (Wildman–Crippen LogP) is 3.13. The minimum atomic E-state index is 0.0292. The highest BCUT2D eigenvalue weighted by atomic mass is 35.5. The fraction of sp³-hybridized carbons (Fsp3) is 0.381. The number of rotatable bonds is 2. The Kier molecular flexibility index (Phi) is 4.53. The zero-order chi connectivity index (χ0) is 19.1. The molecule has 5 rings (SSSR count). The maximum atomic E-state index is 6.35. The number of anilines is 1. The second kappa shape index (κ2) is 7.18. The van der Waals surface area contributed by atoms with Gasteiger partial charge in [-0.05, 0) is 55.2 Å². The van der Waals surface area contributed by atoms with Gasteiger partial charge in [0.1, 0.15) is 17.5 Å². The summed E-state index contributed by atoms with van der Waals surface area (Å²) in [6.45, 7) is 1.94. The van der Waals surface area contributed by atoms with E-state index in [9.17, 15) is 0 Å².